The number of ether oxygens (including phenoxy) is 1. The number of oxazole rings is 1. The number of carbonyl (C=O) groups is 2. The van der Waals surface area contributed by atoms with Crippen molar-refractivity contribution in [3.8, 4) is 11.5 Å². The van der Waals surface area contributed by atoms with Crippen molar-refractivity contribution in [1.82, 2.24) is 15.6 Å². The lowest BCUT2D eigenvalue weighted by Crippen LogP contribution is -2.31. The average Bonchev–Trinajstić information content (AvgIpc) is 3.49. The third-order valence-electron chi connectivity index (χ3n) is 5.18. The number of carbonyl (C=O) groups excluding carboxylic acids is 2. The van der Waals surface area contributed by atoms with Gasteiger partial charge in [-0.05, 0) is 54.8 Å². The Labute approximate surface area is 191 Å². The molecule has 8 heteroatoms. The number of nitrogens with one attached hydrogen (secondary N) is 2. The predicted molar refractivity (Wildman–Crippen MR) is 120 cm³/mol. The van der Waals surface area contributed by atoms with E-state index in [1.54, 1.807) is 30.3 Å². The van der Waals surface area contributed by atoms with Gasteiger partial charge in [-0.2, -0.15) is 0 Å². The van der Waals surface area contributed by atoms with Crippen LogP contribution in [0.3, 0.4) is 0 Å². The Balaban J connectivity index is 1.27. The van der Waals surface area contributed by atoms with E-state index < -0.39 is 0 Å². The molecule has 1 unspecified atom stereocenters. The molecule has 1 aliphatic rings. The van der Waals surface area contributed by atoms with Crippen molar-refractivity contribution in [2.24, 2.45) is 0 Å². The molecular formula is C24H24ClN3O4. The van der Waals surface area contributed by atoms with E-state index in [-0.39, 0.29) is 24.3 Å². The fourth-order valence-corrected chi connectivity index (χ4v) is 3.60. The maximum Gasteiger partial charge on any atom is 0.251 e. The summed E-state index contributed by atoms with van der Waals surface area (Å²) in [6.07, 6.45) is 3.67. The number of amides is 2. The first-order valence-electron chi connectivity index (χ1n) is 10.5. The SMILES string of the molecule is O=C(Cc1coc(-c2ccc(Cl)cc2)n1)NCc1cccc(C(=O)NCC2CCCO2)c1. The summed E-state index contributed by atoms with van der Waals surface area (Å²) in [6, 6.07) is 14.3. The molecule has 4 rings (SSSR count). The molecule has 7 nitrogen and oxygen atoms in total. The van der Waals surface area contributed by atoms with Gasteiger partial charge in [0.2, 0.25) is 11.8 Å². The Morgan fingerprint density at radius 3 is 2.75 bits per heavy atom. The van der Waals surface area contributed by atoms with Crippen LogP contribution >= 0.6 is 11.6 Å². The van der Waals surface area contributed by atoms with Crippen LogP contribution in [0.1, 0.15) is 34.5 Å². The van der Waals surface area contributed by atoms with Crippen molar-refractivity contribution in [1.29, 1.82) is 0 Å². The summed E-state index contributed by atoms with van der Waals surface area (Å²) in [5.41, 5.74) is 2.72. The van der Waals surface area contributed by atoms with Crippen LogP contribution in [-0.4, -0.2) is 36.1 Å². The number of rotatable bonds is 8. The molecule has 1 aliphatic heterocycles. The van der Waals surface area contributed by atoms with Crippen molar-refractivity contribution in [2.45, 2.75) is 31.9 Å². The van der Waals surface area contributed by atoms with Gasteiger partial charge in [-0.15, -0.1) is 0 Å². The molecule has 0 radical (unpaired) electrons. The van der Waals surface area contributed by atoms with E-state index in [1.807, 2.05) is 18.2 Å². The number of nitrogens with zero attached hydrogens (tertiary/aromatic N) is 1. The molecule has 0 spiro atoms. The first kappa shape index (κ1) is 22.0. The van der Waals surface area contributed by atoms with Crippen molar-refractivity contribution in [2.75, 3.05) is 13.2 Å². The summed E-state index contributed by atoms with van der Waals surface area (Å²) in [4.78, 5) is 29.1. The molecule has 0 bridgehead atoms. The van der Waals surface area contributed by atoms with E-state index >= 15 is 0 Å². The number of halogens is 1. The molecular weight excluding hydrogens is 430 g/mol. The van der Waals surface area contributed by atoms with Gasteiger partial charge in [0.15, 0.2) is 0 Å². The van der Waals surface area contributed by atoms with Crippen molar-refractivity contribution >= 4 is 23.4 Å². The predicted octanol–water partition coefficient (Wildman–Crippen LogP) is 3.76. The lowest BCUT2D eigenvalue weighted by Gasteiger charge is -2.11. The minimum Gasteiger partial charge on any atom is -0.444 e. The van der Waals surface area contributed by atoms with Gasteiger partial charge in [-0.25, -0.2) is 4.98 Å². The van der Waals surface area contributed by atoms with E-state index in [4.69, 9.17) is 20.8 Å². The zero-order chi connectivity index (χ0) is 22.3. The maximum atomic E-state index is 12.4. The summed E-state index contributed by atoms with van der Waals surface area (Å²) < 4.78 is 11.0. The van der Waals surface area contributed by atoms with Gasteiger partial charge in [0, 0.05) is 35.8 Å². The summed E-state index contributed by atoms with van der Waals surface area (Å²) in [5, 5.41) is 6.39. The molecule has 32 heavy (non-hydrogen) atoms. The smallest absolute Gasteiger partial charge is 0.251 e. The van der Waals surface area contributed by atoms with E-state index in [0.717, 1.165) is 30.6 Å². The van der Waals surface area contributed by atoms with Crippen LogP contribution in [0.5, 0.6) is 0 Å². The summed E-state index contributed by atoms with van der Waals surface area (Å²) >= 11 is 5.90. The highest BCUT2D eigenvalue weighted by molar-refractivity contribution is 6.30. The zero-order valence-electron chi connectivity index (χ0n) is 17.5. The zero-order valence-corrected chi connectivity index (χ0v) is 18.2. The van der Waals surface area contributed by atoms with Crippen LogP contribution in [0.4, 0.5) is 0 Å². The molecule has 2 heterocycles. The molecule has 1 saturated heterocycles. The minimum absolute atomic E-state index is 0.0955. The van der Waals surface area contributed by atoms with E-state index in [0.29, 0.717) is 35.3 Å². The molecule has 1 atom stereocenters. The second-order valence-electron chi connectivity index (χ2n) is 7.65. The van der Waals surface area contributed by atoms with Crippen LogP contribution in [0.2, 0.25) is 5.02 Å². The summed E-state index contributed by atoms with van der Waals surface area (Å²) in [7, 11) is 0. The van der Waals surface area contributed by atoms with Gasteiger partial charge in [-0.3, -0.25) is 9.59 Å². The quantitative estimate of drug-likeness (QED) is 0.541. The highest BCUT2D eigenvalue weighted by Gasteiger charge is 2.17. The molecule has 3 aromatic rings. The maximum absolute atomic E-state index is 12.4. The molecule has 2 aromatic carbocycles. The van der Waals surface area contributed by atoms with Crippen LogP contribution in [0.15, 0.2) is 59.2 Å². The Morgan fingerprint density at radius 1 is 1.12 bits per heavy atom. The van der Waals surface area contributed by atoms with Crippen LogP contribution in [0.25, 0.3) is 11.5 Å². The third-order valence-corrected chi connectivity index (χ3v) is 5.43. The van der Waals surface area contributed by atoms with Gasteiger partial charge in [-0.1, -0.05) is 23.7 Å². The summed E-state index contributed by atoms with van der Waals surface area (Å²) in [6.45, 7) is 1.58. The first-order chi connectivity index (χ1) is 15.6. The molecule has 1 fully saturated rings. The molecule has 2 N–H and O–H groups in total. The second kappa shape index (κ2) is 10.4. The van der Waals surface area contributed by atoms with E-state index in [2.05, 4.69) is 15.6 Å². The van der Waals surface area contributed by atoms with Gasteiger partial charge in [0.05, 0.1) is 18.2 Å². The van der Waals surface area contributed by atoms with Crippen molar-refractivity contribution in [3.05, 3.63) is 76.6 Å². The lowest BCUT2D eigenvalue weighted by atomic mass is 10.1. The number of benzene rings is 2. The van der Waals surface area contributed by atoms with Gasteiger partial charge in [0.1, 0.15) is 6.26 Å². The third kappa shape index (κ3) is 5.96. The Bertz CT molecular complexity index is 1070. The average molecular weight is 454 g/mol. The molecule has 166 valence electrons. The van der Waals surface area contributed by atoms with Gasteiger partial charge >= 0.3 is 0 Å². The van der Waals surface area contributed by atoms with E-state index in [1.165, 1.54) is 6.26 Å². The second-order valence-corrected chi connectivity index (χ2v) is 8.09. The number of hydrogen-bond acceptors (Lipinski definition) is 5. The topological polar surface area (TPSA) is 93.5 Å². The molecule has 0 saturated carbocycles. The number of hydrogen-bond donors (Lipinski definition) is 2. The van der Waals surface area contributed by atoms with Crippen LogP contribution in [0, 0.1) is 0 Å². The number of aromatic nitrogens is 1. The molecule has 0 aliphatic carbocycles. The Hall–Kier alpha value is -3.16. The van der Waals surface area contributed by atoms with Crippen molar-refractivity contribution in [3.63, 3.8) is 0 Å². The highest BCUT2D eigenvalue weighted by atomic mass is 35.5. The van der Waals surface area contributed by atoms with E-state index in [9.17, 15) is 9.59 Å². The largest absolute Gasteiger partial charge is 0.444 e. The van der Waals surface area contributed by atoms with Crippen LogP contribution in [-0.2, 0) is 22.5 Å². The minimum atomic E-state index is -0.186. The fraction of sp³-hybridized carbons (Fsp3) is 0.292. The Kier molecular flexibility index (Phi) is 7.19. The normalized spacial score (nSPS) is 15.5. The lowest BCUT2D eigenvalue weighted by molar-refractivity contribution is -0.120. The highest BCUT2D eigenvalue weighted by Crippen LogP contribution is 2.21. The standard InChI is InChI=1S/C24H24ClN3O4/c25-19-8-6-17(7-9-19)24-28-20(15-32-24)12-22(29)26-13-16-3-1-4-18(11-16)23(30)27-14-21-5-2-10-31-21/h1,3-4,6-9,11,15,21H,2,5,10,12-14H2,(H,26,29)(H,27,30). The first-order valence-corrected chi connectivity index (χ1v) is 10.9. The van der Waals surface area contributed by atoms with Gasteiger partial charge in [0.25, 0.3) is 5.91 Å². The van der Waals surface area contributed by atoms with Gasteiger partial charge < -0.3 is 19.8 Å². The summed E-state index contributed by atoms with van der Waals surface area (Å²) in [5.74, 6) is 0.103. The monoisotopic (exact) mass is 453 g/mol. The Morgan fingerprint density at radius 2 is 1.97 bits per heavy atom. The van der Waals surface area contributed by atoms with Crippen molar-refractivity contribution < 1.29 is 18.7 Å². The fourth-order valence-electron chi connectivity index (χ4n) is 3.48. The van der Waals surface area contributed by atoms with Crippen LogP contribution < -0.4 is 10.6 Å². The molecule has 2 amide bonds. The molecule has 1 aromatic heterocycles.